The summed E-state index contributed by atoms with van der Waals surface area (Å²) in [6, 6.07) is 2.79. The summed E-state index contributed by atoms with van der Waals surface area (Å²) in [4.78, 5) is 22.2. The Morgan fingerprint density at radius 2 is 2.20 bits per heavy atom. The first-order valence-electron chi connectivity index (χ1n) is 6.62. The SMILES string of the molecule is CC1CCCC(OC(=O)c2cc(F)ccc2[N+](=O)[O-])C1. The number of nitrogens with zero attached hydrogens (tertiary/aromatic N) is 1. The molecule has 1 aromatic rings. The van der Waals surface area contributed by atoms with Gasteiger partial charge in [-0.05, 0) is 37.3 Å². The Bertz CT molecular complexity index is 532. The molecule has 0 spiro atoms. The summed E-state index contributed by atoms with van der Waals surface area (Å²) in [7, 11) is 0. The van der Waals surface area contributed by atoms with Crippen LogP contribution in [0.4, 0.5) is 10.1 Å². The van der Waals surface area contributed by atoms with Crippen LogP contribution in [0.1, 0.15) is 43.0 Å². The summed E-state index contributed by atoms with van der Waals surface area (Å²) in [6.45, 7) is 2.07. The van der Waals surface area contributed by atoms with E-state index in [9.17, 15) is 19.3 Å². The molecule has 2 rings (SSSR count). The molecular weight excluding hydrogens is 265 g/mol. The van der Waals surface area contributed by atoms with E-state index in [1.165, 1.54) is 0 Å². The molecule has 20 heavy (non-hydrogen) atoms. The van der Waals surface area contributed by atoms with Gasteiger partial charge in [0.05, 0.1) is 4.92 Å². The van der Waals surface area contributed by atoms with Gasteiger partial charge in [0.2, 0.25) is 0 Å². The van der Waals surface area contributed by atoms with Crippen molar-refractivity contribution in [3.8, 4) is 0 Å². The minimum absolute atomic E-state index is 0.242. The number of carbonyl (C=O) groups excluding carboxylic acids is 1. The van der Waals surface area contributed by atoms with Gasteiger partial charge < -0.3 is 4.74 Å². The molecule has 0 amide bonds. The number of nitro groups is 1. The number of benzene rings is 1. The van der Waals surface area contributed by atoms with Crippen LogP contribution >= 0.6 is 0 Å². The van der Waals surface area contributed by atoms with Gasteiger partial charge in [-0.15, -0.1) is 0 Å². The summed E-state index contributed by atoms with van der Waals surface area (Å²) in [5, 5.41) is 10.9. The molecule has 0 aromatic heterocycles. The van der Waals surface area contributed by atoms with Gasteiger partial charge in [0.1, 0.15) is 17.5 Å². The monoisotopic (exact) mass is 281 g/mol. The van der Waals surface area contributed by atoms with E-state index < -0.39 is 22.4 Å². The average Bonchev–Trinajstić information content (AvgIpc) is 2.38. The van der Waals surface area contributed by atoms with Crippen LogP contribution in [0.25, 0.3) is 0 Å². The summed E-state index contributed by atoms with van der Waals surface area (Å²) in [6.07, 6.45) is 3.31. The fourth-order valence-corrected chi connectivity index (χ4v) is 2.53. The summed E-state index contributed by atoms with van der Waals surface area (Å²) in [5.41, 5.74) is -0.756. The van der Waals surface area contributed by atoms with Crippen molar-refractivity contribution in [1.29, 1.82) is 0 Å². The fourth-order valence-electron chi connectivity index (χ4n) is 2.53. The average molecular weight is 281 g/mol. The van der Waals surface area contributed by atoms with Crippen molar-refractivity contribution in [3.63, 3.8) is 0 Å². The normalized spacial score (nSPS) is 22.3. The van der Waals surface area contributed by atoms with Crippen molar-refractivity contribution >= 4 is 11.7 Å². The Hall–Kier alpha value is -1.98. The lowest BCUT2D eigenvalue weighted by Crippen LogP contribution is -2.25. The molecule has 108 valence electrons. The Morgan fingerprint density at radius 1 is 1.45 bits per heavy atom. The second-order valence-electron chi connectivity index (χ2n) is 5.22. The fraction of sp³-hybridized carbons (Fsp3) is 0.500. The van der Waals surface area contributed by atoms with Crippen LogP contribution in [-0.2, 0) is 4.74 Å². The van der Waals surface area contributed by atoms with Gasteiger partial charge in [-0.1, -0.05) is 13.3 Å². The van der Waals surface area contributed by atoms with Crippen LogP contribution in [0.2, 0.25) is 0 Å². The van der Waals surface area contributed by atoms with Crippen LogP contribution in [0.5, 0.6) is 0 Å². The molecular formula is C14H16FNO4. The van der Waals surface area contributed by atoms with Gasteiger partial charge in [-0.2, -0.15) is 0 Å². The van der Waals surface area contributed by atoms with Crippen LogP contribution in [0.3, 0.4) is 0 Å². The van der Waals surface area contributed by atoms with E-state index in [0.717, 1.165) is 43.9 Å². The molecule has 0 saturated heterocycles. The molecule has 1 aromatic carbocycles. The zero-order chi connectivity index (χ0) is 14.7. The number of esters is 1. The molecule has 2 unspecified atom stereocenters. The maximum Gasteiger partial charge on any atom is 0.345 e. The van der Waals surface area contributed by atoms with Crippen molar-refractivity contribution in [1.82, 2.24) is 0 Å². The van der Waals surface area contributed by atoms with Crippen LogP contribution in [0.15, 0.2) is 18.2 Å². The predicted molar refractivity (Wildman–Crippen MR) is 69.9 cm³/mol. The Labute approximate surface area is 115 Å². The topological polar surface area (TPSA) is 69.4 Å². The van der Waals surface area contributed by atoms with Crippen molar-refractivity contribution in [3.05, 3.63) is 39.7 Å². The van der Waals surface area contributed by atoms with E-state index in [2.05, 4.69) is 6.92 Å². The molecule has 1 aliphatic carbocycles. The standard InChI is InChI=1S/C14H16FNO4/c1-9-3-2-4-11(7-9)20-14(17)12-8-10(15)5-6-13(12)16(18)19/h5-6,8-9,11H,2-4,7H2,1H3. The Kier molecular flexibility index (Phi) is 4.32. The minimum atomic E-state index is -0.824. The van der Waals surface area contributed by atoms with Gasteiger partial charge >= 0.3 is 5.97 Å². The number of hydrogen-bond acceptors (Lipinski definition) is 4. The summed E-state index contributed by atoms with van der Waals surface area (Å²) < 4.78 is 18.5. The van der Waals surface area contributed by atoms with Crippen LogP contribution < -0.4 is 0 Å². The highest BCUT2D eigenvalue weighted by Crippen LogP contribution is 2.28. The first-order chi connectivity index (χ1) is 9.47. The lowest BCUT2D eigenvalue weighted by atomic mass is 9.89. The number of halogens is 1. The first kappa shape index (κ1) is 14.4. The molecule has 1 aliphatic rings. The predicted octanol–water partition coefficient (Wildman–Crippen LogP) is 3.47. The quantitative estimate of drug-likeness (QED) is 0.483. The number of carbonyl (C=O) groups is 1. The van der Waals surface area contributed by atoms with Crippen LogP contribution in [-0.4, -0.2) is 17.0 Å². The number of nitro benzene ring substituents is 1. The zero-order valence-electron chi connectivity index (χ0n) is 11.2. The lowest BCUT2D eigenvalue weighted by molar-refractivity contribution is -0.385. The third kappa shape index (κ3) is 3.31. The van der Waals surface area contributed by atoms with E-state index in [4.69, 9.17) is 4.74 Å². The lowest BCUT2D eigenvalue weighted by Gasteiger charge is -2.26. The van der Waals surface area contributed by atoms with Crippen molar-refractivity contribution in [2.75, 3.05) is 0 Å². The highest BCUT2D eigenvalue weighted by molar-refractivity contribution is 5.94. The van der Waals surface area contributed by atoms with Gasteiger partial charge in [-0.3, -0.25) is 10.1 Å². The second kappa shape index (κ2) is 5.98. The van der Waals surface area contributed by atoms with Gasteiger partial charge in [0, 0.05) is 6.07 Å². The first-order valence-corrected chi connectivity index (χ1v) is 6.62. The van der Waals surface area contributed by atoms with Gasteiger partial charge in [0.15, 0.2) is 0 Å². The highest BCUT2D eigenvalue weighted by Gasteiger charge is 2.27. The van der Waals surface area contributed by atoms with E-state index in [-0.39, 0.29) is 11.7 Å². The number of hydrogen-bond donors (Lipinski definition) is 0. The number of rotatable bonds is 3. The van der Waals surface area contributed by atoms with Gasteiger partial charge in [-0.25, -0.2) is 9.18 Å². The smallest absolute Gasteiger partial charge is 0.345 e. The van der Waals surface area contributed by atoms with E-state index >= 15 is 0 Å². The maximum atomic E-state index is 13.2. The summed E-state index contributed by atoms with van der Waals surface area (Å²) in [5.74, 6) is -1.06. The van der Waals surface area contributed by atoms with Crippen molar-refractivity contribution in [2.24, 2.45) is 5.92 Å². The molecule has 6 heteroatoms. The van der Waals surface area contributed by atoms with E-state index in [0.29, 0.717) is 5.92 Å². The minimum Gasteiger partial charge on any atom is -0.459 e. The maximum absolute atomic E-state index is 13.2. The van der Waals surface area contributed by atoms with E-state index in [1.807, 2.05) is 0 Å². The zero-order valence-corrected chi connectivity index (χ0v) is 11.2. The summed E-state index contributed by atoms with van der Waals surface area (Å²) >= 11 is 0. The molecule has 0 heterocycles. The number of ether oxygens (including phenoxy) is 1. The third-order valence-electron chi connectivity index (χ3n) is 3.54. The third-order valence-corrected chi connectivity index (χ3v) is 3.54. The molecule has 0 aliphatic heterocycles. The molecule has 0 N–H and O–H groups in total. The molecule has 0 radical (unpaired) electrons. The molecule has 0 bridgehead atoms. The van der Waals surface area contributed by atoms with Crippen LogP contribution in [0, 0.1) is 21.8 Å². The van der Waals surface area contributed by atoms with Gasteiger partial charge in [0.25, 0.3) is 5.69 Å². The van der Waals surface area contributed by atoms with Crippen molar-refractivity contribution < 1.29 is 18.8 Å². The van der Waals surface area contributed by atoms with E-state index in [1.54, 1.807) is 0 Å². The second-order valence-corrected chi connectivity index (χ2v) is 5.22. The van der Waals surface area contributed by atoms with Crippen molar-refractivity contribution in [2.45, 2.75) is 38.7 Å². The highest BCUT2D eigenvalue weighted by atomic mass is 19.1. The Balaban J connectivity index is 2.16. The molecule has 5 nitrogen and oxygen atoms in total. The molecule has 2 atom stereocenters. The molecule has 1 fully saturated rings. The Morgan fingerprint density at radius 3 is 2.85 bits per heavy atom. The largest absolute Gasteiger partial charge is 0.459 e. The molecule has 1 saturated carbocycles.